The summed E-state index contributed by atoms with van der Waals surface area (Å²) < 4.78 is 55.6. The Labute approximate surface area is 193 Å². The van der Waals surface area contributed by atoms with Crippen molar-refractivity contribution in [1.29, 1.82) is 0 Å². The van der Waals surface area contributed by atoms with Gasteiger partial charge in [0.15, 0.2) is 19.7 Å². The van der Waals surface area contributed by atoms with Crippen molar-refractivity contribution in [1.82, 2.24) is 4.90 Å². The van der Waals surface area contributed by atoms with Gasteiger partial charge in [-0.1, -0.05) is 6.07 Å². The van der Waals surface area contributed by atoms with E-state index in [1.807, 2.05) is 6.92 Å². The van der Waals surface area contributed by atoms with Gasteiger partial charge < -0.3 is 19.5 Å². The van der Waals surface area contributed by atoms with Crippen molar-refractivity contribution < 1.29 is 41.0 Å². The highest BCUT2D eigenvalue weighted by Gasteiger charge is 2.28. The second-order valence-electron chi connectivity index (χ2n) is 7.79. The van der Waals surface area contributed by atoms with Crippen LogP contribution < -0.4 is 0 Å². The zero-order valence-electron chi connectivity index (χ0n) is 18.8. The summed E-state index contributed by atoms with van der Waals surface area (Å²) in [6.45, 7) is 1.000. The molecule has 1 heterocycles. The molecule has 0 radical (unpaired) electrons. The first kappa shape index (κ1) is 26.4. The smallest absolute Gasteiger partial charge is 0.340 e. The molecule has 1 aliphatic rings. The second kappa shape index (κ2) is 10.4. The quantitative estimate of drug-likeness (QED) is 0.509. The predicted octanol–water partition coefficient (Wildman–Crippen LogP) is 0.842. The SMILES string of the molecule is CC1c2cc(O)ccc2C=C(C(=O)OCCS(C)(=O)=O)C(C(=O)OCCS(C)(=O)=O)=CN1C. The number of rotatable bonds is 8. The minimum absolute atomic E-state index is 0.0182. The summed E-state index contributed by atoms with van der Waals surface area (Å²) in [5.41, 5.74) is 0.816. The van der Waals surface area contributed by atoms with Gasteiger partial charge in [-0.05, 0) is 36.3 Å². The monoisotopic (exact) mass is 501 g/mol. The second-order valence-corrected chi connectivity index (χ2v) is 12.3. The summed E-state index contributed by atoms with van der Waals surface area (Å²) in [7, 11) is -5.11. The van der Waals surface area contributed by atoms with Crippen molar-refractivity contribution in [3.05, 3.63) is 46.7 Å². The number of phenols is 1. The number of esters is 2. The molecule has 0 aliphatic carbocycles. The molecule has 0 bridgehead atoms. The summed E-state index contributed by atoms with van der Waals surface area (Å²) in [6, 6.07) is 4.20. The zero-order chi connectivity index (χ0) is 25.0. The topological polar surface area (TPSA) is 144 Å². The summed E-state index contributed by atoms with van der Waals surface area (Å²) in [4.78, 5) is 27.3. The van der Waals surface area contributed by atoms with Crippen molar-refractivity contribution in [2.24, 2.45) is 0 Å². The van der Waals surface area contributed by atoms with Gasteiger partial charge in [-0.25, -0.2) is 26.4 Å². The highest BCUT2D eigenvalue weighted by Crippen LogP contribution is 2.32. The van der Waals surface area contributed by atoms with E-state index in [-0.39, 0.29) is 22.9 Å². The molecule has 0 saturated heterocycles. The number of ether oxygens (including phenoxy) is 2. The first-order valence-electron chi connectivity index (χ1n) is 9.86. The molecular formula is C21H27NO9S2. The molecule has 1 aromatic rings. The first-order valence-corrected chi connectivity index (χ1v) is 14.0. The molecule has 1 aromatic carbocycles. The molecule has 2 rings (SSSR count). The number of hydrogen-bond acceptors (Lipinski definition) is 10. The molecule has 10 nitrogen and oxygen atoms in total. The number of carbonyl (C=O) groups is 2. The number of benzene rings is 1. The maximum atomic E-state index is 12.9. The van der Waals surface area contributed by atoms with Crippen LogP contribution in [0.2, 0.25) is 0 Å². The maximum Gasteiger partial charge on any atom is 0.340 e. The molecule has 0 spiro atoms. The summed E-state index contributed by atoms with van der Waals surface area (Å²) in [5, 5.41) is 9.90. The molecule has 0 aromatic heterocycles. The van der Waals surface area contributed by atoms with Crippen LogP contribution in [-0.2, 0) is 38.7 Å². The Kier molecular flexibility index (Phi) is 8.30. The Morgan fingerprint density at radius 1 is 0.970 bits per heavy atom. The van der Waals surface area contributed by atoms with Gasteiger partial charge in [0, 0.05) is 25.8 Å². The molecule has 1 unspecified atom stereocenters. The van der Waals surface area contributed by atoms with Crippen LogP contribution in [0.3, 0.4) is 0 Å². The van der Waals surface area contributed by atoms with Gasteiger partial charge in [-0.2, -0.15) is 0 Å². The van der Waals surface area contributed by atoms with Crippen molar-refractivity contribution in [2.75, 3.05) is 44.3 Å². The average Bonchev–Trinajstić information content (AvgIpc) is 2.67. The predicted molar refractivity (Wildman–Crippen MR) is 122 cm³/mol. The number of carbonyl (C=O) groups excluding carboxylic acids is 2. The van der Waals surface area contributed by atoms with E-state index in [2.05, 4.69) is 0 Å². The van der Waals surface area contributed by atoms with Crippen LogP contribution in [0.25, 0.3) is 6.08 Å². The fraction of sp³-hybridized carbons (Fsp3) is 0.429. The maximum absolute atomic E-state index is 12.9. The Morgan fingerprint density at radius 2 is 1.48 bits per heavy atom. The number of nitrogens with zero attached hydrogens (tertiary/aromatic N) is 1. The van der Waals surface area contributed by atoms with Crippen molar-refractivity contribution in [2.45, 2.75) is 13.0 Å². The molecule has 1 aliphatic heterocycles. The first-order chi connectivity index (χ1) is 15.2. The fourth-order valence-electron chi connectivity index (χ4n) is 2.95. The molecule has 0 amide bonds. The third kappa shape index (κ3) is 7.90. The molecule has 182 valence electrons. The Balaban J connectivity index is 2.48. The van der Waals surface area contributed by atoms with Gasteiger partial charge in [0.25, 0.3) is 0 Å². The van der Waals surface area contributed by atoms with Crippen molar-refractivity contribution in [3.8, 4) is 5.75 Å². The van der Waals surface area contributed by atoms with Gasteiger partial charge in [-0.15, -0.1) is 0 Å². The third-order valence-corrected chi connectivity index (χ3v) is 6.68. The zero-order valence-corrected chi connectivity index (χ0v) is 20.4. The summed E-state index contributed by atoms with van der Waals surface area (Å²) >= 11 is 0. The fourth-order valence-corrected chi connectivity index (χ4v) is 3.72. The number of fused-ring (bicyclic) bond motifs is 1. The average molecular weight is 502 g/mol. The summed E-state index contributed by atoms with van der Waals surface area (Å²) in [6.07, 6.45) is 4.76. The van der Waals surface area contributed by atoms with E-state index in [9.17, 15) is 31.5 Å². The van der Waals surface area contributed by atoms with E-state index in [0.29, 0.717) is 11.1 Å². The lowest BCUT2D eigenvalue weighted by Gasteiger charge is -2.28. The summed E-state index contributed by atoms with van der Waals surface area (Å²) in [5.74, 6) is -2.66. The molecule has 33 heavy (non-hydrogen) atoms. The van der Waals surface area contributed by atoms with E-state index < -0.39 is 56.3 Å². The largest absolute Gasteiger partial charge is 0.508 e. The standard InChI is InChI=1S/C21H27NO9S2/c1-14-17-12-16(23)6-5-15(17)11-18(20(24)30-7-9-32(3,26)27)19(13-22(14)2)21(25)31-8-10-33(4,28)29/h5-6,11-14,23H,7-10H2,1-4H3. The molecule has 1 atom stereocenters. The Hall–Kier alpha value is -2.86. The van der Waals surface area contributed by atoms with Gasteiger partial charge in [0.1, 0.15) is 19.0 Å². The van der Waals surface area contributed by atoms with Crippen molar-refractivity contribution >= 4 is 37.7 Å². The number of hydrogen-bond donors (Lipinski definition) is 1. The van der Waals surface area contributed by atoms with Crippen LogP contribution in [0.5, 0.6) is 5.75 Å². The van der Waals surface area contributed by atoms with Crippen LogP contribution in [0.15, 0.2) is 35.5 Å². The molecule has 0 saturated carbocycles. The van der Waals surface area contributed by atoms with Crippen LogP contribution in [-0.4, -0.2) is 83.1 Å². The van der Waals surface area contributed by atoms with E-state index in [4.69, 9.17) is 9.47 Å². The van der Waals surface area contributed by atoms with Gasteiger partial charge in [-0.3, -0.25) is 0 Å². The highest BCUT2D eigenvalue weighted by molar-refractivity contribution is 7.90. The molecule has 1 N–H and O–H groups in total. The molecular weight excluding hydrogens is 474 g/mol. The van der Waals surface area contributed by atoms with Crippen molar-refractivity contribution in [3.63, 3.8) is 0 Å². The van der Waals surface area contributed by atoms with E-state index in [0.717, 1.165) is 12.5 Å². The Morgan fingerprint density at radius 3 is 2.00 bits per heavy atom. The molecule has 12 heteroatoms. The Bertz CT molecular complexity index is 1200. The van der Waals surface area contributed by atoms with Crippen LogP contribution in [0.1, 0.15) is 24.1 Å². The molecule has 0 fully saturated rings. The van der Waals surface area contributed by atoms with E-state index >= 15 is 0 Å². The highest BCUT2D eigenvalue weighted by atomic mass is 32.2. The third-order valence-electron chi connectivity index (χ3n) is 4.87. The number of phenolic OH excluding ortho intramolecular Hbond substituents is 1. The lowest BCUT2D eigenvalue weighted by Crippen LogP contribution is -2.26. The van der Waals surface area contributed by atoms with Crippen LogP contribution >= 0.6 is 0 Å². The lowest BCUT2D eigenvalue weighted by molar-refractivity contribution is -0.142. The van der Waals surface area contributed by atoms with Crippen LogP contribution in [0, 0.1) is 0 Å². The van der Waals surface area contributed by atoms with Gasteiger partial charge in [0.05, 0.1) is 28.7 Å². The minimum atomic E-state index is -3.38. The number of sulfone groups is 2. The van der Waals surface area contributed by atoms with Gasteiger partial charge >= 0.3 is 11.9 Å². The normalized spacial score (nSPS) is 16.6. The van der Waals surface area contributed by atoms with E-state index in [1.165, 1.54) is 24.4 Å². The number of aromatic hydroxyl groups is 1. The van der Waals surface area contributed by atoms with E-state index in [1.54, 1.807) is 18.0 Å². The van der Waals surface area contributed by atoms with Gasteiger partial charge in [0.2, 0.25) is 0 Å². The minimum Gasteiger partial charge on any atom is -0.508 e. The van der Waals surface area contributed by atoms with Crippen LogP contribution in [0.4, 0.5) is 0 Å². The lowest BCUT2D eigenvalue weighted by atomic mass is 9.94.